The van der Waals surface area contributed by atoms with Crippen LogP contribution in [-0.2, 0) is 4.74 Å². The van der Waals surface area contributed by atoms with Crippen molar-refractivity contribution in [2.75, 3.05) is 7.11 Å². The molecule has 6 heteroatoms. The van der Waals surface area contributed by atoms with Crippen LogP contribution in [0.5, 0.6) is 0 Å². The maximum absolute atomic E-state index is 11.1. The summed E-state index contributed by atoms with van der Waals surface area (Å²) in [6.07, 6.45) is 0. The number of methoxy groups -OCH3 is 1. The fraction of sp³-hybridized carbons (Fsp3) is 0.286. The predicted octanol–water partition coefficient (Wildman–Crippen LogP) is 1.15. The molecule has 0 aliphatic heterocycles. The smallest absolute Gasteiger partial charge is 0.343 e. The van der Waals surface area contributed by atoms with Gasteiger partial charge in [-0.3, -0.25) is 4.79 Å². The molecule has 1 rings (SSSR count). The number of carbonyl (C=O) groups excluding carboxylic acids is 2. The van der Waals surface area contributed by atoms with Crippen molar-refractivity contribution in [1.29, 1.82) is 0 Å². The number of carbonyl (C=O) groups is 2. The molecule has 0 fully saturated rings. The average Bonchev–Trinajstić information content (AvgIpc) is 2.46. The Morgan fingerprint density at radius 3 is 2.62 bits per heavy atom. The molecule has 0 saturated carbocycles. The quantitative estimate of drug-likeness (QED) is 0.533. The highest BCUT2D eigenvalue weighted by Crippen LogP contribution is 2.15. The first-order valence-electron chi connectivity index (χ1n) is 3.32. The molecular formula is C7H6ClNO4. The van der Waals surface area contributed by atoms with Gasteiger partial charge in [0, 0.05) is 0 Å². The number of esters is 1. The minimum absolute atomic E-state index is 0.0255. The molecule has 0 aliphatic rings. The second-order valence-corrected chi connectivity index (χ2v) is 2.57. The second kappa shape index (κ2) is 3.57. The van der Waals surface area contributed by atoms with Gasteiger partial charge in [-0.1, -0.05) is 5.16 Å². The Hall–Kier alpha value is -1.36. The standard InChI is InChI=1S/C7H6ClNO4/c1-3-4(7(11)12-2)5(6(8)10)9-13-3/h1-2H3. The molecule has 70 valence electrons. The highest BCUT2D eigenvalue weighted by atomic mass is 35.5. The summed E-state index contributed by atoms with van der Waals surface area (Å²) in [6.45, 7) is 1.49. The van der Waals surface area contributed by atoms with Crippen LogP contribution in [0.1, 0.15) is 26.6 Å². The van der Waals surface area contributed by atoms with E-state index in [0.29, 0.717) is 0 Å². The Morgan fingerprint density at radius 2 is 2.15 bits per heavy atom. The molecule has 13 heavy (non-hydrogen) atoms. The molecule has 1 heterocycles. The first kappa shape index (κ1) is 9.73. The monoisotopic (exact) mass is 203 g/mol. The predicted molar refractivity (Wildman–Crippen MR) is 42.8 cm³/mol. The lowest BCUT2D eigenvalue weighted by molar-refractivity contribution is 0.0596. The summed E-state index contributed by atoms with van der Waals surface area (Å²) >= 11 is 5.15. The van der Waals surface area contributed by atoms with Crippen molar-refractivity contribution in [1.82, 2.24) is 5.16 Å². The summed E-state index contributed by atoms with van der Waals surface area (Å²) in [5, 5.41) is 2.48. The SMILES string of the molecule is COC(=O)c1c(C(=O)Cl)noc1C. The molecular weight excluding hydrogens is 198 g/mol. The Labute approximate surface area is 78.6 Å². The Morgan fingerprint density at radius 1 is 1.54 bits per heavy atom. The summed E-state index contributed by atoms with van der Waals surface area (Å²) < 4.78 is 9.04. The minimum Gasteiger partial charge on any atom is -0.465 e. The molecule has 0 atom stereocenters. The molecule has 0 N–H and O–H groups in total. The third kappa shape index (κ3) is 1.70. The van der Waals surface area contributed by atoms with Gasteiger partial charge in [-0.25, -0.2) is 4.79 Å². The van der Waals surface area contributed by atoms with Crippen LogP contribution in [0.3, 0.4) is 0 Å². The lowest BCUT2D eigenvalue weighted by Crippen LogP contribution is -2.07. The first-order chi connectivity index (χ1) is 6.07. The van der Waals surface area contributed by atoms with E-state index in [1.54, 1.807) is 0 Å². The van der Waals surface area contributed by atoms with E-state index in [2.05, 4.69) is 14.4 Å². The van der Waals surface area contributed by atoms with Gasteiger partial charge >= 0.3 is 5.97 Å². The summed E-state index contributed by atoms with van der Waals surface area (Å²) in [7, 11) is 1.19. The van der Waals surface area contributed by atoms with Crippen molar-refractivity contribution in [3.8, 4) is 0 Å². The molecule has 0 radical (unpaired) electrons. The number of rotatable bonds is 2. The topological polar surface area (TPSA) is 69.4 Å². The highest BCUT2D eigenvalue weighted by molar-refractivity contribution is 6.67. The molecule has 5 nitrogen and oxygen atoms in total. The maximum atomic E-state index is 11.1. The second-order valence-electron chi connectivity index (χ2n) is 2.23. The van der Waals surface area contributed by atoms with Gasteiger partial charge in [-0.05, 0) is 18.5 Å². The molecule has 1 aromatic rings. The van der Waals surface area contributed by atoms with Crippen molar-refractivity contribution in [3.05, 3.63) is 17.0 Å². The lowest BCUT2D eigenvalue weighted by Gasteiger charge is -1.95. The maximum Gasteiger partial charge on any atom is 0.343 e. The van der Waals surface area contributed by atoms with Crippen LogP contribution in [0.4, 0.5) is 0 Å². The Kier molecular flexibility index (Phi) is 2.67. The highest BCUT2D eigenvalue weighted by Gasteiger charge is 2.24. The van der Waals surface area contributed by atoms with Gasteiger partial charge in [0.2, 0.25) is 0 Å². The van der Waals surface area contributed by atoms with Gasteiger partial charge in [0.1, 0.15) is 11.3 Å². The average molecular weight is 204 g/mol. The molecule has 0 unspecified atom stereocenters. The Balaban J connectivity index is 3.24. The zero-order valence-electron chi connectivity index (χ0n) is 6.96. The van der Waals surface area contributed by atoms with Gasteiger partial charge in [-0.15, -0.1) is 0 Å². The molecule has 0 amide bonds. The third-order valence-electron chi connectivity index (χ3n) is 1.44. The zero-order chi connectivity index (χ0) is 10.0. The van der Waals surface area contributed by atoms with Crippen LogP contribution >= 0.6 is 11.6 Å². The summed E-state index contributed by atoms with van der Waals surface area (Å²) in [4.78, 5) is 21.8. The molecule has 0 aliphatic carbocycles. The van der Waals surface area contributed by atoms with E-state index in [1.165, 1.54) is 14.0 Å². The normalized spacial score (nSPS) is 9.77. The van der Waals surface area contributed by atoms with Crippen molar-refractivity contribution in [2.24, 2.45) is 0 Å². The fourth-order valence-electron chi connectivity index (χ4n) is 0.849. The van der Waals surface area contributed by atoms with E-state index in [4.69, 9.17) is 11.6 Å². The molecule has 0 saturated heterocycles. The minimum atomic E-state index is -0.850. The molecule has 0 spiro atoms. The number of hydrogen-bond acceptors (Lipinski definition) is 5. The van der Waals surface area contributed by atoms with Crippen molar-refractivity contribution >= 4 is 22.8 Å². The van der Waals surface area contributed by atoms with Gasteiger partial charge in [-0.2, -0.15) is 0 Å². The fourth-order valence-corrected chi connectivity index (χ4v) is 0.978. The summed E-state index contributed by atoms with van der Waals surface area (Å²) in [5.74, 6) is -0.487. The third-order valence-corrected chi connectivity index (χ3v) is 1.62. The largest absolute Gasteiger partial charge is 0.465 e. The number of aromatic nitrogens is 1. The molecule has 0 aromatic carbocycles. The molecule has 1 aromatic heterocycles. The number of ether oxygens (including phenoxy) is 1. The zero-order valence-corrected chi connectivity index (χ0v) is 7.71. The number of aryl methyl sites for hydroxylation is 1. The van der Waals surface area contributed by atoms with Gasteiger partial charge < -0.3 is 9.26 Å². The molecule has 0 bridgehead atoms. The number of hydrogen-bond donors (Lipinski definition) is 0. The van der Waals surface area contributed by atoms with Crippen molar-refractivity contribution < 1.29 is 18.8 Å². The van der Waals surface area contributed by atoms with Crippen LogP contribution < -0.4 is 0 Å². The van der Waals surface area contributed by atoms with E-state index >= 15 is 0 Å². The van der Waals surface area contributed by atoms with Crippen LogP contribution in [0.15, 0.2) is 4.52 Å². The van der Waals surface area contributed by atoms with Crippen molar-refractivity contribution in [3.63, 3.8) is 0 Å². The summed E-state index contributed by atoms with van der Waals surface area (Å²) in [5.41, 5.74) is -0.242. The van der Waals surface area contributed by atoms with Crippen LogP contribution in [0, 0.1) is 6.92 Å². The van der Waals surface area contributed by atoms with Crippen LogP contribution in [0.2, 0.25) is 0 Å². The summed E-state index contributed by atoms with van der Waals surface area (Å²) in [6, 6.07) is 0. The Bertz CT molecular complexity index is 357. The number of nitrogens with zero attached hydrogens (tertiary/aromatic N) is 1. The van der Waals surface area contributed by atoms with E-state index in [-0.39, 0.29) is 17.0 Å². The first-order valence-corrected chi connectivity index (χ1v) is 3.70. The van der Waals surface area contributed by atoms with Crippen molar-refractivity contribution in [2.45, 2.75) is 6.92 Å². The van der Waals surface area contributed by atoms with E-state index in [0.717, 1.165) is 0 Å². The van der Waals surface area contributed by atoms with Crippen LogP contribution in [-0.4, -0.2) is 23.5 Å². The van der Waals surface area contributed by atoms with Gasteiger partial charge in [0.05, 0.1) is 7.11 Å². The van der Waals surface area contributed by atoms with E-state index in [9.17, 15) is 9.59 Å². The van der Waals surface area contributed by atoms with E-state index < -0.39 is 11.2 Å². The van der Waals surface area contributed by atoms with Gasteiger partial charge in [0.25, 0.3) is 5.24 Å². The van der Waals surface area contributed by atoms with E-state index in [1.807, 2.05) is 0 Å². The van der Waals surface area contributed by atoms with Crippen LogP contribution in [0.25, 0.3) is 0 Å². The lowest BCUT2D eigenvalue weighted by atomic mass is 10.2. The van der Waals surface area contributed by atoms with Gasteiger partial charge in [0.15, 0.2) is 5.69 Å². The number of halogens is 1.